The van der Waals surface area contributed by atoms with E-state index in [0.717, 1.165) is 16.9 Å². The first-order chi connectivity index (χ1) is 10.2. The highest BCUT2D eigenvalue weighted by molar-refractivity contribution is 6.30. The van der Waals surface area contributed by atoms with E-state index < -0.39 is 0 Å². The molecule has 3 aromatic rings. The quantitative estimate of drug-likeness (QED) is 0.749. The molecule has 2 aromatic carbocycles. The van der Waals surface area contributed by atoms with Gasteiger partial charge in [-0.05, 0) is 30.3 Å². The van der Waals surface area contributed by atoms with E-state index in [0.29, 0.717) is 16.5 Å². The zero-order chi connectivity index (χ0) is 14.8. The molecule has 0 saturated carbocycles. The lowest BCUT2D eigenvalue weighted by molar-refractivity contribution is 0.417. The highest BCUT2D eigenvalue weighted by Crippen LogP contribution is 2.28. The van der Waals surface area contributed by atoms with E-state index in [1.165, 1.54) is 0 Å². The van der Waals surface area contributed by atoms with Gasteiger partial charge in [-0.25, -0.2) is 4.98 Å². The number of hydrogen-bond donors (Lipinski definition) is 1. The van der Waals surface area contributed by atoms with Crippen molar-refractivity contribution in [3.05, 3.63) is 60.0 Å². The third-order valence-corrected chi connectivity index (χ3v) is 3.49. The first-order valence-corrected chi connectivity index (χ1v) is 6.79. The van der Waals surface area contributed by atoms with Crippen molar-refractivity contribution in [3.63, 3.8) is 0 Å². The van der Waals surface area contributed by atoms with Gasteiger partial charge in [0.1, 0.15) is 5.75 Å². The van der Waals surface area contributed by atoms with Gasteiger partial charge < -0.3 is 10.5 Å². The largest absolute Gasteiger partial charge is 0.495 e. The molecule has 0 aliphatic rings. The second kappa shape index (κ2) is 5.50. The molecular formula is C16H14ClN3O. The summed E-state index contributed by atoms with van der Waals surface area (Å²) in [5, 5.41) is 0.689. The Bertz CT molecular complexity index is 783. The standard InChI is InChI=1S/C16H14ClN3O/c1-21-16-6-5-13(8-14(16)18)20-10-19-9-15(20)11-3-2-4-12(17)7-11/h2-10H,18H2,1H3. The van der Waals surface area contributed by atoms with Gasteiger partial charge in [0.05, 0.1) is 31.0 Å². The summed E-state index contributed by atoms with van der Waals surface area (Å²) in [4.78, 5) is 4.22. The molecule has 106 valence electrons. The van der Waals surface area contributed by atoms with Crippen molar-refractivity contribution in [3.8, 4) is 22.7 Å². The van der Waals surface area contributed by atoms with Crippen molar-refractivity contribution >= 4 is 17.3 Å². The first kappa shape index (κ1) is 13.5. The molecule has 0 aliphatic carbocycles. The van der Waals surface area contributed by atoms with Gasteiger partial charge in [0.25, 0.3) is 0 Å². The monoisotopic (exact) mass is 299 g/mol. The molecule has 1 aromatic heterocycles. The normalized spacial score (nSPS) is 10.6. The Morgan fingerprint density at radius 2 is 2.05 bits per heavy atom. The number of nitrogen functional groups attached to an aromatic ring is 1. The van der Waals surface area contributed by atoms with Gasteiger partial charge in [-0.2, -0.15) is 0 Å². The number of benzene rings is 2. The van der Waals surface area contributed by atoms with E-state index in [1.807, 2.05) is 47.0 Å². The Morgan fingerprint density at radius 3 is 2.76 bits per heavy atom. The average molecular weight is 300 g/mol. The lowest BCUT2D eigenvalue weighted by Crippen LogP contribution is -1.98. The van der Waals surface area contributed by atoms with Gasteiger partial charge in [-0.3, -0.25) is 4.57 Å². The van der Waals surface area contributed by atoms with Crippen molar-refractivity contribution in [2.45, 2.75) is 0 Å². The number of nitrogens with two attached hydrogens (primary N) is 1. The predicted octanol–water partition coefficient (Wildman–Crippen LogP) is 3.78. The molecule has 0 saturated heterocycles. The predicted molar refractivity (Wildman–Crippen MR) is 85.0 cm³/mol. The number of aromatic nitrogens is 2. The van der Waals surface area contributed by atoms with Crippen LogP contribution < -0.4 is 10.5 Å². The van der Waals surface area contributed by atoms with E-state index >= 15 is 0 Å². The summed E-state index contributed by atoms with van der Waals surface area (Å²) in [5.41, 5.74) is 9.41. The molecule has 21 heavy (non-hydrogen) atoms. The lowest BCUT2D eigenvalue weighted by atomic mass is 10.1. The molecule has 0 unspecified atom stereocenters. The van der Waals surface area contributed by atoms with Crippen LogP contribution >= 0.6 is 11.6 Å². The highest BCUT2D eigenvalue weighted by Gasteiger charge is 2.09. The number of imidazole rings is 1. The Morgan fingerprint density at radius 1 is 1.19 bits per heavy atom. The van der Waals surface area contributed by atoms with Crippen molar-refractivity contribution in [1.29, 1.82) is 0 Å². The number of anilines is 1. The molecule has 0 amide bonds. The van der Waals surface area contributed by atoms with Gasteiger partial charge >= 0.3 is 0 Å². The van der Waals surface area contributed by atoms with E-state index in [1.54, 1.807) is 19.6 Å². The summed E-state index contributed by atoms with van der Waals surface area (Å²) in [7, 11) is 1.60. The first-order valence-electron chi connectivity index (χ1n) is 6.41. The van der Waals surface area contributed by atoms with Gasteiger partial charge in [-0.1, -0.05) is 23.7 Å². The van der Waals surface area contributed by atoms with Crippen molar-refractivity contribution in [2.75, 3.05) is 12.8 Å². The highest BCUT2D eigenvalue weighted by atomic mass is 35.5. The minimum absolute atomic E-state index is 0.584. The third kappa shape index (κ3) is 2.58. The Hall–Kier alpha value is -2.46. The smallest absolute Gasteiger partial charge is 0.141 e. The Labute approximate surface area is 127 Å². The minimum atomic E-state index is 0.584. The Kier molecular flexibility index (Phi) is 3.54. The van der Waals surface area contributed by atoms with Gasteiger partial charge in [0.2, 0.25) is 0 Å². The SMILES string of the molecule is COc1ccc(-n2cncc2-c2cccc(Cl)c2)cc1N. The number of ether oxygens (including phenoxy) is 1. The molecule has 0 radical (unpaired) electrons. The number of hydrogen-bond acceptors (Lipinski definition) is 3. The van der Waals surface area contributed by atoms with E-state index in [9.17, 15) is 0 Å². The number of rotatable bonds is 3. The molecule has 0 atom stereocenters. The van der Waals surface area contributed by atoms with Gasteiger partial charge in [-0.15, -0.1) is 0 Å². The molecular weight excluding hydrogens is 286 g/mol. The number of nitrogens with zero attached hydrogens (tertiary/aromatic N) is 2. The maximum Gasteiger partial charge on any atom is 0.141 e. The molecule has 3 rings (SSSR count). The van der Waals surface area contributed by atoms with Crippen LogP contribution in [0.15, 0.2) is 55.0 Å². The molecule has 0 fully saturated rings. The molecule has 0 spiro atoms. The summed E-state index contributed by atoms with van der Waals surface area (Å²) < 4.78 is 7.14. The van der Waals surface area contributed by atoms with Crippen LogP contribution in [0.2, 0.25) is 5.02 Å². The summed E-state index contributed by atoms with van der Waals surface area (Å²) in [6, 6.07) is 13.3. The second-order valence-electron chi connectivity index (χ2n) is 4.59. The average Bonchev–Trinajstić information content (AvgIpc) is 2.96. The zero-order valence-electron chi connectivity index (χ0n) is 11.5. The van der Waals surface area contributed by atoms with Crippen molar-refractivity contribution in [1.82, 2.24) is 9.55 Å². The molecule has 2 N–H and O–H groups in total. The van der Waals surface area contributed by atoms with Crippen LogP contribution in [0.3, 0.4) is 0 Å². The fraction of sp³-hybridized carbons (Fsp3) is 0.0625. The van der Waals surface area contributed by atoms with Crippen LogP contribution in [-0.2, 0) is 0 Å². The molecule has 0 aliphatic heterocycles. The fourth-order valence-corrected chi connectivity index (χ4v) is 2.42. The summed E-state index contributed by atoms with van der Waals surface area (Å²) in [5.74, 6) is 0.656. The maximum absolute atomic E-state index is 6.06. The summed E-state index contributed by atoms with van der Waals surface area (Å²) in [6.45, 7) is 0. The van der Waals surface area contributed by atoms with Crippen LogP contribution in [0.4, 0.5) is 5.69 Å². The molecule has 4 nitrogen and oxygen atoms in total. The van der Waals surface area contributed by atoms with Crippen LogP contribution in [0.25, 0.3) is 16.9 Å². The molecule has 1 heterocycles. The van der Waals surface area contributed by atoms with Gasteiger partial charge in [0, 0.05) is 16.3 Å². The zero-order valence-corrected chi connectivity index (χ0v) is 12.2. The second-order valence-corrected chi connectivity index (χ2v) is 5.02. The lowest BCUT2D eigenvalue weighted by Gasteiger charge is -2.11. The fourth-order valence-electron chi connectivity index (χ4n) is 2.23. The van der Waals surface area contributed by atoms with Crippen LogP contribution in [0.5, 0.6) is 5.75 Å². The van der Waals surface area contributed by atoms with Gasteiger partial charge in [0.15, 0.2) is 0 Å². The van der Waals surface area contributed by atoms with Crippen LogP contribution in [0.1, 0.15) is 0 Å². The van der Waals surface area contributed by atoms with E-state index in [2.05, 4.69) is 4.98 Å². The summed E-state index contributed by atoms with van der Waals surface area (Å²) in [6.07, 6.45) is 3.55. The summed E-state index contributed by atoms with van der Waals surface area (Å²) >= 11 is 6.06. The van der Waals surface area contributed by atoms with Crippen LogP contribution in [0, 0.1) is 0 Å². The maximum atomic E-state index is 6.06. The molecule has 5 heteroatoms. The van der Waals surface area contributed by atoms with E-state index in [4.69, 9.17) is 22.1 Å². The van der Waals surface area contributed by atoms with E-state index in [-0.39, 0.29) is 0 Å². The number of methoxy groups -OCH3 is 1. The van der Waals surface area contributed by atoms with Crippen molar-refractivity contribution < 1.29 is 4.74 Å². The Balaban J connectivity index is 2.09. The topological polar surface area (TPSA) is 53.1 Å². The van der Waals surface area contributed by atoms with Crippen LogP contribution in [-0.4, -0.2) is 16.7 Å². The van der Waals surface area contributed by atoms with Crippen molar-refractivity contribution in [2.24, 2.45) is 0 Å². The number of halogens is 1. The minimum Gasteiger partial charge on any atom is -0.495 e. The third-order valence-electron chi connectivity index (χ3n) is 3.25. The molecule has 0 bridgehead atoms.